The maximum atomic E-state index is 11.6. The Bertz CT molecular complexity index is 576. The van der Waals surface area contributed by atoms with E-state index in [1.54, 1.807) is 6.07 Å². The Morgan fingerprint density at radius 1 is 1.30 bits per heavy atom. The number of carbonyl (C=O) groups is 2. The van der Waals surface area contributed by atoms with Gasteiger partial charge in [-0.15, -0.1) is 0 Å². The topological polar surface area (TPSA) is 145 Å². The predicted octanol–water partition coefficient (Wildman–Crippen LogP) is 0.681. The number of nitrogens with one attached hydrogen (secondary N) is 1. The number of nitro groups is 1. The van der Waals surface area contributed by atoms with E-state index in [1.165, 1.54) is 12.1 Å². The van der Waals surface area contributed by atoms with Crippen molar-refractivity contribution in [3.63, 3.8) is 0 Å². The zero-order valence-corrected chi connectivity index (χ0v) is 12.5. The Hall–Kier alpha value is -2.52. The van der Waals surface area contributed by atoms with E-state index in [4.69, 9.17) is 15.7 Å². The Kier molecular flexibility index (Phi) is 7.64. The molecule has 1 aromatic carbocycles. The molecule has 1 aromatic rings. The molecule has 0 aliphatic rings. The summed E-state index contributed by atoms with van der Waals surface area (Å²) < 4.78 is 5.02. The predicted molar refractivity (Wildman–Crippen MR) is 79.6 cm³/mol. The third-order valence-corrected chi connectivity index (χ3v) is 3.11. The monoisotopic (exact) mass is 325 g/mol. The Morgan fingerprint density at radius 2 is 2.00 bits per heavy atom. The summed E-state index contributed by atoms with van der Waals surface area (Å²) >= 11 is 0. The van der Waals surface area contributed by atoms with Crippen molar-refractivity contribution in [3.8, 4) is 0 Å². The molecular formula is C14H19N3O6. The number of nitro benzene ring substituents is 1. The SMILES string of the molecule is NNC(=O)CCCCC(=O)OCc1ccc(CO)c([N+](=O)[O-])c1. The van der Waals surface area contributed by atoms with Crippen molar-refractivity contribution in [2.24, 2.45) is 5.84 Å². The number of ether oxygens (including phenoxy) is 1. The van der Waals surface area contributed by atoms with Crippen molar-refractivity contribution >= 4 is 17.6 Å². The summed E-state index contributed by atoms with van der Waals surface area (Å²) in [5.41, 5.74) is 2.44. The number of hydrogen-bond acceptors (Lipinski definition) is 7. The highest BCUT2D eigenvalue weighted by molar-refractivity contribution is 5.75. The van der Waals surface area contributed by atoms with E-state index in [-0.39, 0.29) is 36.6 Å². The van der Waals surface area contributed by atoms with E-state index in [0.29, 0.717) is 18.4 Å². The molecule has 0 saturated heterocycles. The molecule has 1 rings (SSSR count). The fourth-order valence-electron chi connectivity index (χ4n) is 1.87. The van der Waals surface area contributed by atoms with Crippen molar-refractivity contribution in [1.29, 1.82) is 0 Å². The van der Waals surface area contributed by atoms with Crippen LogP contribution < -0.4 is 11.3 Å². The first-order valence-corrected chi connectivity index (χ1v) is 7.00. The van der Waals surface area contributed by atoms with Crippen LogP contribution in [0.2, 0.25) is 0 Å². The van der Waals surface area contributed by atoms with E-state index in [9.17, 15) is 19.7 Å². The zero-order chi connectivity index (χ0) is 17.2. The highest BCUT2D eigenvalue weighted by Gasteiger charge is 2.14. The minimum absolute atomic E-state index is 0.0886. The highest BCUT2D eigenvalue weighted by Crippen LogP contribution is 2.21. The van der Waals surface area contributed by atoms with Crippen LogP contribution in [0.1, 0.15) is 36.8 Å². The molecule has 1 amide bonds. The van der Waals surface area contributed by atoms with Gasteiger partial charge in [0.2, 0.25) is 5.91 Å². The second-order valence-electron chi connectivity index (χ2n) is 4.81. The maximum absolute atomic E-state index is 11.6. The summed E-state index contributed by atoms with van der Waals surface area (Å²) in [6, 6.07) is 4.24. The molecule has 0 aliphatic carbocycles. The zero-order valence-electron chi connectivity index (χ0n) is 12.5. The number of nitrogens with zero attached hydrogens (tertiary/aromatic N) is 1. The average Bonchev–Trinajstić information content (AvgIpc) is 2.56. The largest absolute Gasteiger partial charge is 0.461 e. The number of rotatable bonds is 9. The van der Waals surface area contributed by atoms with Crippen LogP contribution in [-0.2, 0) is 27.5 Å². The number of hydrazine groups is 1. The van der Waals surface area contributed by atoms with Gasteiger partial charge in [-0.25, -0.2) is 5.84 Å². The van der Waals surface area contributed by atoms with Gasteiger partial charge in [-0.2, -0.15) is 0 Å². The third kappa shape index (κ3) is 6.41. The average molecular weight is 325 g/mol. The molecule has 0 aliphatic heterocycles. The number of nitrogens with two attached hydrogens (primary N) is 1. The minimum atomic E-state index is -0.598. The summed E-state index contributed by atoms with van der Waals surface area (Å²) in [5, 5.41) is 19.9. The highest BCUT2D eigenvalue weighted by atomic mass is 16.6. The van der Waals surface area contributed by atoms with Gasteiger partial charge >= 0.3 is 5.97 Å². The number of carbonyl (C=O) groups excluding carboxylic acids is 2. The molecule has 0 aromatic heterocycles. The molecule has 0 fully saturated rings. The number of hydrogen-bond donors (Lipinski definition) is 3. The van der Waals surface area contributed by atoms with Crippen molar-refractivity contribution in [2.45, 2.75) is 38.9 Å². The molecule has 0 spiro atoms. The second kappa shape index (κ2) is 9.49. The van der Waals surface area contributed by atoms with Gasteiger partial charge < -0.3 is 9.84 Å². The van der Waals surface area contributed by atoms with Crippen LogP contribution in [0.15, 0.2) is 18.2 Å². The molecule has 0 atom stereocenters. The van der Waals surface area contributed by atoms with E-state index in [2.05, 4.69) is 0 Å². The van der Waals surface area contributed by atoms with Gasteiger partial charge in [0, 0.05) is 18.9 Å². The first-order chi connectivity index (χ1) is 11.0. The van der Waals surface area contributed by atoms with Crippen LogP contribution in [-0.4, -0.2) is 21.9 Å². The van der Waals surface area contributed by atoms with E-state index < -0.39 is 17.5 Å². The van der Waals surface area contributed by atoms with Crippen LogP contribution in [0.5, 0.6) is 0 Å². The van der Waals surface area contributed by atoms with E-state index in [0.717, 1.165) is 0 Å². The number of benzene rings is 1. The van der Waals surface area contributed by atoms with Gasteiger partial charge in [-0.1, -0.05) is 6.07 Å². The lowest BCUT2D eigenvalue weighted by Gasteiger charge is -2.06. The van der Waals surface area contributed by atoms with Crippen molar-refractivity contribution in [2.75, 3.05) is 0 Å². The molecule has 4 N–H and O–H groups in total. The summed E-state index contributed by atoms with van der Waals surface area (Å²) in [6.45, 7) is -0.526. The van der Waals surface area contributed by atoms with Crippen LogP contribution in [0.4, 0.5) is 5.69 Å². The standard InChI is InChI=1S/C14H19N3O6/c15-16-13(19)3-1-2-4-14(20)23-9-10-5-6-11(8-18)12(7-10)17(21)22/h5-7,18H,1-4,8-9,15H2,(H,16,19). The molecule has 0 unspecified atom stereocenters. The summed E-state index contributed by atoms with van der Waals surface area (Å²) in [7, 11) is 0. The summed E-state index contributed by atoms with van der Waals surface area (Å²) in [6.07, 6.45) is 1.37. The molecule has 0 saturated carbocycles. The Morgan fingerprint density at radius 3 is 2.61 bits per heavy atom. The number of unbranched alkanes of at least 4 members (excludes halogenated alkanes) is 1. The minimum Gasteiger partial charge on any atom is -0.461 e. The van der Waals surface area contributed by atoms with Gasteiger partial charge in [-0.05, 0) is 24.5 Å². The van der Waals surface area contributed by atoms with Gasteiger partial charge in [0.1, 0.15) is 6.61 Å². The number of amides is 1. The first-order valence-electron chi connectivity index (χ1n) is 7.00. The van der Waals surface area contributed by atoms with E-state index >= 15 is 0 Å². The van der Waals surface area contributed by atoms with Crippen LogP contribution >= 0.6 is 0 Å². The van der Waals surface area contributed by atoms with Gasteiger partial charge in [0.25, 0.3) is 5.69 Å². The lowest BCUT2D eigenvalue weighted by atomic mass is 10.1. The Labute approximate surface area is 132 Å². The van der Waals surface area contributed by atoms with Crippen molar-refractivity contribution in [1.82, 2.24) is 5.43 Å². The maximum Gasteiger partial charge on any atom is 0.306 e. The molecular weight excluding hydrogens is 306 g/mol. The quantitative estimate of drug-likeness (QED) is 0.151. The number of aliphatic hydroxyl groups excluding tert-OH is 1. The van der Waals surface area contributed by atoms with Crippen LogP contribution in [0.3, 0.4) is 0 Å². The second-order valence-corrected chi connectivity index (χ2v) is 4.81. The lowest BCUT2D eigenvalue weighted by Crippen LogP contribution is -2.29. The fourth-order valence-corrected chi connectivity index (χ4v) is 1.87. The smallest absolute Gasteiger partial charge is 0.306 e. The van der Waals surface area contributed by atoms with Crippen molar-refractivity contribution < 1.29 is 24.4 Å². The number of esters is 1. The van der Waals surface area contributed by atoms with Crippen LogP contribution in [0, 0.1) is 10.1 Å². The van der Waals surface area contributed by atoms with Gasteiger partial charge in [-0.3, -0.25) is 25.1 Å². The number of aliphatic hydroxyl groups is 1. The van der Waals surface area contributed by atoms with E-state index in [1.807, 2.05) is 5.43 Å². The third-order valence-electron chi connectivity index (χ3n) is 3.11. The lowest BCUT2D eigenvalue weighted by molar-refractivity contribution is -0.385. The first kappa shape index (κ1) is 18.5. The van der Waals surface area contributed by atoms with Gasteiger partial charge in [0.05, 0.1) is 17.1 Å². The van der Waals surface area contributed by atoms with Gasteiger partial charge in [0.15, 0.2) is 0 Å². The molecule has 126 valence electrons. The molecule has 0 bridgehead atoms. The molecule has 0 heterocycles. The van der Waals surface area contributed by atoms with Crippen LogP contribution in [0.25, 0.3) is 0 Å². The molecule has 9 nitrogen and oxygen atoms in total. The summed E-state index contributed by atoms with van der Waals surface area (Å²) in [4.78, 5) is 32.7. The normalized spacial score (nSPS) is 10.2. The molecule has 9 heteroatoms. The fraction of sp³-hybridized carbons (Fsp3) is 0.429. The van der Waals surface area contributed by atoms with Crippen molar-refractivity contribution in [3.05, 3.63) is 39.4 Å². The molecule has 0 radical (unpaired) electrons. The molecule has 23 heavy (non-hydrogen) atoms. The Balaban J connectivity index is 2.42. The summed E-state index contributed by atoms with van der Waals surface area (Å²) in [5.74, 6) is 4.18.